The summed E-state index contributed by atoms with van der Waals surface area (Å²) >= 11 is 0. The summed E-state index contributed by atoms with van der Waals surface area (Å²) in [6.07, 6.45) is 8.48. The minimum absolute atomic E-state index is 0.0166. The second-order valence-corrected chi connectivity index (χ2v) is 5.32. The monoisotopic (exact) mass is 248 g/mol. The number of ether oxygens (including phenoxy) is 1. The summed E-state index contributed by atoms with van der Waals surface area (Å²) in [6, 6.07) is 3.94. The van der Waals surface area contributed by atoms with Gasteiger partial charge >= 0.3 is 0 Å². The molecule has 0 aliphatic heterocycles. The Labute approximate surface area is 110 Å². The summed E-state index contributed by atoms with van der Waals surface area (Å²) in [5.41, 5.74) is 6.70. The Hall–Kier alpha value is -1.09. The molecule has 1 saturated carbocycles. The van der Waals surface area contributed by atoms with Crippen LogP contribution in [0.1, 0.15) is 57.7 Å². The first-order valence-corrected chi connectivity index (χ1v) is 7.09. The molecule has 3 nitrogen and oxygen atoms in total. The topological polar surface area (TPSA) is 48.1 Å². The quantitative estimate of drug-likeness (QED) is 0.887. The van der Waals surface area contributed by atoms with Crippen LogP contribution in [0.2, 0.25) is 0 Å². The van der Waals surface area contributed by atoms with Crippen LogP contribution >= 0.6 is 0 Å². The lowest BCUT2D eigenvalue weighted by molar-refractivity contribution is 0.0900. The Morgan fingerprint density at radius 1 is 1.39 bits per heavy atom. The molecule has 1 aliphatic carbocycles. The highest BCUT2D eigenvalue weighted by atomic mass is 16.5. The molecule has 3 heteroatoms. The molecular formula is C15H24N2O. The van der Waals surface area contributed by atoms with E-state index in [2.05, 4.69) is 11.9 Å². The van der Waals surface area contributed by atoms with Gasteiger partial charge in [0.1, 0.15) is 11.9 Å². The fourth-order valence-corrected chi connectivity index (χ4v) is 2.70. The maximum atomic E-state index is 6.09. The Bertz CT molecular complexity index is 361. The van der Waals surface area contributed by atoms with E-state index in [0.29, 0.717) is 12.0 Å². The van der Waals surface area contributed by atoms with E-state index in [1.807, 2.05) is 19.1 Å². The zero-order chi connectivity index (χ0) is 13.0. The first-order chi connectivity index (χ1) is 8.70. The van der Waals surface area contributed by atoms with Gasteiger partial charge in [-0.3, -0.25) is 4.98 Å². The number of hydrogen-bond donors (Lipinski definition) is 1. The van der Waals surface area contributed by atoms with Crippen molar-refractivity contribution in [2.45, 2.75) is 58.1 Å². The fourth-order valence-electron chi connectivity index (χ4n) is 2.70. The molecule has 1 aliphatic rings. The molecule has 1 heterocycles. The van der Waals surface area contributed by atoms with Crippen molar-refractivity contribution >= 4 is 0 Å². The maximum Gasteiger partial charge on any atom is 0.138 e. The van der Waals surface area contributed by atoms with Crippen molar-refractivity contribution in [3.05, 3.63) is 24.0 Å². The third-order valence-corrected chi connectivity index (χ3v) is 3.88. The minimum atomic E-state index is -0.0166. The van der Waals surface area contributed by atoms with Gasteiger partial charge in [-0.1, -0.05) is 13.3 Å². The summed E-state index contributed by atoms with van der Waals surface area (Å²) in [5.74, 6) is 1.58. The van der Waals surface area contributed by atoms with E-state index < -0.39 is 0 Å². The summed E-state index contributed by atoms with van der Waals surface area (Å²) < 4.78 is 6.09. The number of rotatable bonds is 4. The number of aromatic nitrogens is 1. The van der Waals surface area contributed by atoms with Gasteiger partial charge in [-0.2, -0.15) is 0 Å². The average molecular weight is 248 g/mol. The zero-order valence-corrected chi connectivity index (χ0v) is 11.4. The van der Waals surface area contributed by atoms with Crippen LogP contribution in [0, 0.1) is 5.92 Å². The van der Waals surface area contributed by atoms with Crippen LogP contribution in [0.15, 0.2) is 18.3 Å². The number of nitrogens with zero attached hydrogens (tertiary/aromatic N) is 1. The van der Waals surface area contributed by atoms with Crippen molar-refractivity contribution in [1.29, 1.82) is 0 Å². The first-order valence-electron chi connectivity index (χ1n) is 7.09. The van der Waals surface area contributed by atoms with Gasteiger partial charge in [0.15, 0.2) is 0 Å². The first kappa shape index (κ1) is 13.3. The van der Waals surface area contributed by atoms with Crippen molar-refractivity contribution in [2.75, 3.05) is 0 Å². The average Bonchev–Trinajstić information content (AvgIpc) is 2.40. The highest BCUT2D eigenvalue weighted by Crippen LogP contribution is 2.30. The summed E-state index contributed by atoms with van der Waals surface area (Å²) in [7, 11) is 0. The third-order valence-electron chi connectivity index (χ3n) is 3.88. The fraction of sp³-hybridized carbons (Fsp3) is 0.667. The van der Waals surface area contributed by atoms with Gasteiger partial charge in [0.25, 0.3) is 0 Å². The minimum Gasteiger partial charge on any atom is -0.489 e. The van der Waals surface area contributed by atoms with Gasteiger partial charge in [0, 0.05) is 6.04 Å². The predicted octanol–water partition coefficient (Wildman–Crippen LogP) is 3.45. The van der Waals surface area contributed by atoms with E-state index in [0.717, 1.165) is 11.4 Å². The van der Waals surface area contributed by atoms with Gasteiger partial charge in [0.2, 0.25) is 0 Å². The van der Waals surface area contributed by atoms with Gasteiger partial charge in [-0.25, -0.2) is 0 Å². The summed E-state index contributed by atoms with van der Waals surface area (Å²) in [6.45, 7) is 4.20. The van der Waals surface area contributed by atoms with Gasteiger partial charge in [0.05, 0.1) is 11.9 Å². The molecule has 18 heavy (non-hydrogen) atoms. The Kier molecular flexibility index (Phi) is 4.59. The zero-order valence-electron chi connectivity index (χ0n) is 11.4. The standard InChI is InChI=1S/C15H24N2O/c1-3-12-6-4-5-7-15(12)18-13-8-9-14(11(2)16)17-10-13/h8-12,15H,3-7,16H2,1-2H3/t11-,12?,15?/m1/s1. The highest BCUT2D eigenvalue weighted by Gasteiger charge is 2.25. The van der Waals surface area contributed by atoms with E-state index >= 15 is 0 Å². The van der Waals surface area contributed by atoms with Crippen LogP contribution in [0.3, 0.4) is 0 Å². The molecule has 3 atom stereocenters. The second kappa shape index (κ2) is 6.19. The predicted molar refractivity (Wildman–Crippen MR) is 73.5 cm³/mol. The molecule has 0 bridgehead atoms. The van der Waals surface area contributed by atoms with E-state index in [1.165, 1.54) is 32.1 Å². The smallest absolute Gasteiger partial charge is 0.138 e. The molecule has 0 radical (unpaired) electrons. The van der Waals surface area contributed by atoms with E-state index in [4.69, 9.17) is 10.5 Å². The van der Waals surface area contributed by atoms with Crippen molar-refractivity contribution in [3.8, 4) is 5.75 Å². The van der Waals surface area contributed by atoms with Crippen LogP contribution in [-0.4, -0.2) is 11.1 Å². The van der Waals surface area contributed by atoms with E-state index in [1.54, 1.807) is 6.20 Å². The third kappa shape index (κ3) is 3.22. The molecule has 0 saturated heterocycles. The largest absolute Gasteiger partial charge is 0.489 e. The summed E-state index contributed by atoms with van der Waals surface area (Å²) in [5, 5.41) is 0. The van der Waals surface area contributed by atoms with Gasteiger partial charge in [-0.15, -0.1) is 0 Å². The van der Waals surface area contributed by atoms with Crippen LogP contribution in [0.25, 0.3) is 0 Å². The van der Waals surface area contributed by atoms with E-state index in [-0.39, 0.29) is 6.04 Å². The lowest BCUT2D eigenvalue weighted by Gasteiger charge is -2.31. The molecule has 1 aromatic heterocycles. The molecular weight excluding hydrogens is 224 g/mol. The molecule has 0 spiro atoms. The van der Waals surface area contributed by atoms with Crippen LogP contribution in [0.4, 0.5) is 0 Å². The lowest BCUT2D eigenvalue weighted by atomic mass is 9.85. The Balaban J connectivity index is 1.99. The molecule has 2 unspecified atom stereocenters. The van der Waals surface area contributed by atoms with Crippen molar-refractivity contribution in [1.82, 2.24) is 4.98 Å². The van der Waals surface area contributed by atoms with Gasteiger partial charge in [-0.05, 0) is 50.7 Å². The molecule has 1 fully saturated rings. The number of nitrogens with two attached hydrogens (primary N) is 1. The number of hydrogen-bond acceptors (Lipinski definition) is 3. The Morgan fingerprint density at radius 3 is 2.78 bits per heavy atom. The maximum absolute atomic E-state index is 6.09. The molecule has 2 N–H and O–H groups in total. The summed E-state index contributed by atoms with van der Waals surface area (Å²) in [4.78, 5) is 4.34. The molecule has 1 aromatic rings. The van der Waals surface area contributed by atoms with Crippen molar-refractivity contribution in [2.24, 2.45) is 11.7 Å². The van der Waals surface area contributed by atoms with Crippen LogP contribution in [0.5, 0.6) is 5.75 Å². The van der Waals surface area contributed by atoms with Crippen LogP contribution < -0.4 is 10.5 Å². The van der Waals surface area contributed by atoms with Crippen LogP contribution in [-0.2, 0) is 0 Å². The Morgan fingerprint density at radius 2 is 2.17 bits per heavy atom. The SMILES string of the molecule is CCC1CCCCC1Oc1ccc([C@@H](C)N)nc1. The van der Waals surface area contributed by atoms with Crippen molar-refractivity contribution < 1.29 is 4.74 Å². The lowest BCUT2D eigenvalue weighted by Crippen LogP contribution is -2.29. The van der Waals surface area contributed by atoms with E-state index in [9.17, 15) is 0 Å². The number of pyridine rings is 1. The normalized spacial score (nSPS) is 25.7. The molecule has 100 valence electrons. The molecule has 0 amide bonds. The second-order valence-electron chi connectivity index (χ2n) is 5.32. The highest BCUT2D eigenvalue weighted by molar-refractivity contribution is 5.21. The van der Waals surface area contributed by atoms with Crippen molar-refractivity contribution in [3.63, 3.8) is 0 Å². The molecule has 0 aromatic carbocycles. The molecule has 2 rings (SSSR count). The van der Waals surface area contributed by atoms with Gasteiger partial charge < -0.3 is 10.5 Å².